The van der Waals surface area contributed by atoms with Crippen molar-refractivity contribution in [2.24, 2.45) is 4.99 Å². The van der Waals surface area contributed by atoms with Crippen LogP contribution in [0.25, 0.3) is 0 Å². The molecule has 4 nitrogen and oxygen atoms in total. The molecule has 0 saturated carbocycles. The van der Waals surface area contributed by atoms with Gasteiger partial charge in [-0.25, -0.2) is 14.2 Å². The van der Waals surface area contributed by atoms with E-state index in [-0.39, 0.29) is 11.6 Å². The van der Waals surface area contributed by atoms with Gasteiger partial charge in [0.1, 0.15) is 5.82 Å². The number of esters is 1. The van der Waals surface area contributed by atoms with Crippen LogP contribution in [-0.4, -0.2) is 30.9 Å². The molecule has 2 rings (SSSR count). The predicted octanol–water partition coefficient (Wildman–Crippen LogP) is 1.53. The number of aliphatic imine (C=N–C) groups is 1. The minimum Gasteiger partial charge on any atom is -0.402 e. The van der Waals surface area contributed by atoms with E-state index in [9.17, 15) is 9.18 Å². The Bertz CT molecular complexity index is 521. The van der Waals surface area contributed by atoms with E-state index in [2.05, 4.69) is 4.99 Å². The second-order valence-electron chi connectivity index (χ2n) is 3.79. The lowest BCUT2D eigenvalue weighted by Crippen LogP contribution is -2.08. The zero-order valence-electron chi connectivity index (χ0n) is 9.48. The third kappa shape index (κ3) is 2.50. The molecule has 0 unspecified atom stereocenters. The highest BCUT2D eigenvalue weighted by Crippen LogP contribution is 2.16. The highest BCUT2D eigenvalue weighted by molar-refractivity contribution is 6.11. The topological polar surface area (TPSA) is 41.9 Å². The Balaban J connectivity index is 2.33. The SMILES string of the molecule is CN(C)/C=C1\N=C(c2cccc(F)c2)OC1=O. The van der Waals surface area contributed by atoms with E-state index in [4.69, 9.17) is 4.74 Å². The molecular weight excluding hydrogens is 223 g/mol. The van der Waals surface area contributed by atoms with Crippen LogP contribution in [0.3, 0.4) is 0 Å². The van der Waals surface area contributed by atoms with Gasteiger partial charge in [-0.05, 0) is 18.2 Å². The summed E-state index contributed by atoms with van der Waals surface area (Å²) < 4.78 is 18.0. The number of cyclic esters (lactones) is 1. The molecule has 0 aliphatic carbocycles. The van der Waals surface area contributed by atoms with Crippen molar-refractivity contribution in [3.8, 4) is 0 Å². The van der Waals surface area contributed by atoms with Crippen LogP contribution in [0.2, 0.25) is 0 Å². The van der Waals surface area contributed by atoms with Crippen molar-refractivity contribution in [2.45, 2.75) is 0 Å². The normalized spacial score (nSPS) is 17.0. The Morgan fingerprint density at radius 3 is 2.82 bits per heavy atom. The number of benzene rings is 1. The van der Waals surface area contributed by atoms with E-state index in [0.29, 0.717) is 5.56 Å². The zero-order valence-corrected chi connectivity index (χ0v) is 9.48. The quantitative estimate of drug-likeness (QED) is 0.575. The Morgan fingerprint density at radius 2 is 2.18 bits per heavy atom. The van der Waals surface area contributed by atoms with Gasteiger partial charge in [-0.2, -0.15) is 0 Å². The van der Waals surface area contributed by atoms with E-state index < -0.39 is 11.8 Å². The molecular formula is C12H11FN2O2. The van der Waals surface area contributed by atoms with E-state index >= 15 is 0 Å². The lowest BCUT2D eigenvalue weighted by atomic mass is 10.2. The first kappa shape index (κ1) is 11.3. The van der Waals surface area contributed by atoms with Crippen LogP contribution in [0, 0.1) is 5.82 Å². The Morgan fingerprint density at radius 1 is 1.41 bits per heavy atom. The summed E-state index contributed by atoms with van der Waals surface area (Å²) in [5.41, 5.74) is 0.648. The molecule has 0 atom stereocenters. The van der Waals surface area contributed by atoms with Crippen molar-refractivity contribution in [1.82, 2.24) is 4.90 Å². The summed E-state index contributed by atoms with van der Waals surface area (Å²) in [7, 11) is 3.55. The van der Waals surface area contributed by atoms with E-state index in [0.717, 1.165) is 0 Å². The summed E-state index contributed by atoms with van der Waals surface area (Å²) in [6, 6.07) is 5.75. The van der Waals surface area contributed by atoms with Crippen LogP contribution in [0.4, 0.5) is 4.39 Å². The number of halogens is 1. The first-order chi connectivity index (χ1) is 8.06. The van der Waals surface area contributed by atoms with Gasteiger partial charge in [-0.3, -0.25) is 0 Å². The smallest absolute Gasteiger partial charge is 0.365 e. The van der Waals surface area contributed by atoms with Crippen LogP contribution in [0.1, 0.15) is 5.56 Å². The molecule has 5 heteroatoms. The standard InChI is InChI=1S/C12H11FN2O2/c1-15(2)7-10-12(16)17-11(14-10)8-4-3-5-9(13)6-8/h3-7H,1-2H3/b10-7-. The monoisotopic (exact) mass is 234 g/mol. The summed E-state index contributed by atoms with van der Waals surface area (Å²) in [4.78, 5) is 17.2. The Kier molecular flexibility index (Phi) is 2.91. The van der Waals surface area contributed by atoms with Crippen molar-refractivity contribution in [1.29, 1.82) is 0 Å². The lowest BCUT2D eigenvalue weighted by Gasteiger charge is -2.02. The van der Waals surface area contributed by atoms with Crippen LogP contribution >= 0.6 is 0 Å². The largest absolute Gasteiger partial charge is 0.402 e. The molecule has 0 fully saturated rings. The zero-order chi connectivity index (χ0) is 12.4. The minimum absolute atomic E-state index is 0.127. The maximum Gasteiger partial charge on any atom is 0.365 e. The van der Waals surface area contributed by atoms with Crippen molar-refractivity contribution in [2.75, 3.05) is 14.1 Å². The van der Waals surface area contributed by atoms with Crippen molar-refractivity contribution in [3.63, 3.8) is 0 Å². The fraction of sp³-hybridized carbons (Fsp3) is 0.167. The molecule has 1 aliphatic heterocycles. The average Bonchev–Trinajstić information content (AvgIpc) is 2.59. The molecule has 1 aromatic carbocycles. The number of rotatable bonds is 2. The first-order valence-electron chi connectivity index (χ1n) is 5.01. The van der Waals surface area contributed by atoms with Gasteiger partial charge in [0, 0.05) is 25.9 Å². The maximum atomic E-state index is 13.0. The van der Waals surface area contributed by atoms with Crippen molar-refractivity contribution in [3.05, 3.63) is 47.5 Å². The van der Waals surface area contributed by atoms with Crippen molar-refractivity contribution >= 4 is 11.9 Å². The highest BCUT2D eigenvalue weighted by atomic mass is 19.1. The average molecular weight is 234 g/mol. The van der Waals surface area contributed by atoms with E-state index in [1.165, 1.54) is 18.2 Å². The van der Waals surface area contributed by atoms with Gasteiger partial charge < -0.3 is 9.64 Å². The predicted molar refractivity (Wildman–Crippen MR) is 60.8 cm³/mol. The molecule has 0 bridgehead atoms. The molecule has 0 spiro atoms. The Labute approximate surface area is 98.0 Å². The summed E-state index contributed by atoms with van der Waals surface area (Å²) >= 11 is 0. The second-order valence-corrected chi connectivity index (χ2v) is 3.79. The van der Waals surface area contributed by atoms with E-state index in [1.54, 1.807) is 31.3 Å². The number of carbonyl (C=O) groups is 1. The molecule has 0 amide bonds. The van der Waals surface area contributed by atoms with Crippen molar-refractivity contribution < 1.29 is 13.9 Å². The van der Waals surface area contributed by atoms with E-state index in [1.807, 2.05) is 0 Å². The van der Waals surface area contributed by atoms with Crippen LogP contribution in [0.15, 0.2) is 41.2 Å². The Hall–Kier alpha value is -2.17. The van der Waals surface area contributed by atoms with Gasteiger partial charge in [-0.1, -0.05) is 6.07 Å². The molecule has 1 heterocycles. The minimum atomic E-state index is -0.530. The molecule has 0 radical (unpaired) electrons. The lowest BCUT2D eigenvalue weighted by molar-refractivity contribution is -0.130. The molecule has 0 N–H and O–H groups in total. The van der Waals surface area contributed by atoms with Crippen LogP contribution in [0.5, 0.6) is 0 Å². The third-order valence-corrected chi connectivity index (χ3v) is 2.07. The van der Waals surface area contributed by atoms with Gasteiger partial charge in [0.15, 0.2) is 5.70 Å². The molecule has 88 valence electrons. The molecule has 1 aromatic rings. The summed E-state index contributed by atoms with van der Waals surface area (Å²) in [6.45, 7) is 0. The maximum absolute atomic E-state index is 13.0. The van der Waals surface area contributed by atoms with Crippen LogP contribution in [-0.2, 0) is 9.53 Å². The van der Waals surface area contributed by atoms with Gasteiger partial charge in [0.25, 0.3) is 0 Å². The number of ether oxygens (including phenoxy) is 1. The fourth-order valence-electron chi connectivity index (χ4n) is 1.39. The van der Waals surface area contributed by atoms with Gasteiger partial charge in [0.2, 0.25) is 5.90 Å². The molecule has 0 aromatic heterocycles. The molecule has 1 aliphatic rings. The fourth-order valence-corrected chi connectivity index (χ4v) is 1.39. The van der Waals surface area contributed by atoms with Crippen LogP contribution < -0.4 is 0 Å². The number of nitrogens with zero attached hydrogens (tertiary/aromatic N) is 2. The third-order valence-electron chi connectivity index (χ3n) is 2.07. The highest BCUT2D eigenvalue weighted by Gasteiger charge is 2.24. The van der Waals surface area contributed by atoms with Gasteiger partial charge in [-0.15, -0.1) is 0 Å². The summed E-state index contributed by atoms with van der Waals surface area (Å²) in [5.74, 6) is -0.799. The van der Waals surface area contributed by atoms with Gasteiger partial charge >= 0.3 is 5.97 Å². The van der Waals surface area contributed by atoms with Gasteiger partial charge in [0.05, 0.1) is 0 Å². The first-order valence-corrected chi connectivity index (χ1v) is 5.01. The number of hydrogen-bond acceptors (Lipinski definition) is 4. The number of carbonyl (C=O) groups excluding carboxylic acids is 1. The molecule has 0 saturated heterocycles. The summed E-state index contributed by atoms with van der Waals surface area (Å²) in [6.07, 6.45) is 1.55. The second kappa shape index (κ2) is 4.37. The number of hydrogen-bond donors (Lipinski definition) is 0. The summed E-state index contributed by atoms with van der Waals surface area (Å²) in [5, 5.41) is 0. The molecule has 17 heavy (non-hydrogen) atoms.